The summed E-state index contributed by atoms with van der Waals surface area (Å²) >= 11 is 0. The molecule has 0 aromatic heterocycles. The first-order valence-electron chi connectivity index (χ1n) is 5.12. The van der Waals surface area contributed by atoms with Crippen molar-refractivity contribution in [2.45, 2.75) is 32.2 Å². The van der Waals surface area contributed by atoms with Crippen LogP contribution in [0.2, 0.25) is 0 Å². The maximum Gasteiger partial charge on any atom is 0.209 e. The average Bonchev–Trinajstić information content (AvgIpc) is 2.01. The molecule has 0 atom stereocenters. The first-order valence-corrected chi connectivity index (χ1v) is 7.01. The van der Waals surface area contributed by atoms with Gasteiger partial charge in [0.05, 0.1) is 19.3 Å². The van der Waals surface area contributed by atoms with Gasteiger partial charge in [0.1, 0.15) is 0 Å². The number of halogens is 1. The number of sulfonamides is 1. The van der Waals surface area contributed by atoms with Crippen LogP contribution in [0, 0.1) is 5.92 Å². The van der Waals surface area contributed by atoms with Crippen molar-refractivity contribution < 1.29 is 26.1 Å². The van der Waals surface area contributed by atoms with E-state index in [0.29, 0.717) is 5.92 Å². The van der Waals surface area contributed by atoms with E-state index in [0.717, 1.165) is 25.9 Å². The summed E-state index contributed by atoms with van der Waals surface area (Å²) in [6.45, 7) is 6.17. The molecule has 0 radical (unpaired) electrons. The lowest BCUT2D eigenvalue weighted by molar-refractivity contribution is -0.665. The van der Waals surface area contributed by atoms with E-state index in [1.807, 2.05) is 13.8 Å². The quantitative estimate of drug-likeness (QED) is 0.546. The Bertz CT molecular complexity index is 284. The number of rotatable bonds is 3. The minimum absolute atomic E-state index is 0. The molecule has 0 unspecified atom stereocenters. The van der Waals surface area contributed by atoms with Gasteiger partial charge in [-0.2, -0.15) is 0 Å². The van der Waals surface area contributed by atoms with Gasteiger partial charge in [0.2, 0.25) is 10.0 Å². The van der Waals surface area contributed by atoms with Crippen LogP contribution >= 0.6 is 0 Å². The van der Waals surface area contributed by atoms with Crippen molar-refractivity contribution in [1.29, 1.82) is 0 Å². The van der Waals surface area contributed by atoms with Gasteiger partial charge in [-0.25, -0.2) is 13.1 Å². The highest BCUT2D eigenvalue weighted by Crippen LogP contribution is 2.24. The fourth-order valence-corrected chi connectivity index (χ4v) is 3.33. The highest BCUT2D eigenvalue weighted by Gasteiger charge is 2.33. The molecular weight excluding hydrogens is 236 g/mol. The Morgan fingerprint density at radius 2 is 1.73 bits per heavy atom. The smallest absolute Gasteiger partial charge is 0.209 e. The van der Waals surface area contributed by atoms with E-state index in [1.165, 1.54) is 6.26 Å². The predicted molar refractivity (Wildman–Crippen MR) is 56.4 cm³/mol. The molecule has 0 aliphatic carbocycles. The summed E-state index contributed by atoms with van der Waals surface area (Å²) in [4.78, 5) is 0. The molecule has 1 fully saturated rings. The van der Waals surface area contributed by atoms with E-state index in [-0.39, 0.29) is 17.9 Å². The van der Waals surface area contributed by atoms with Gasteiger partial charge in [-0.3, -0.25) is 0 Å². The molecule has 0 saturated carbocycles. The number of hydrogen-bond acceptors (Lipinski definition) is 2. The minimum Gasteiger partial charge on any atom is -1.00 e. The van der Waals surface area contributed by atoms with Gasteiger partial charge in [0.15, 0.2) is 0 Å². The number of quaternary nitrogens is 1. The lowest BCUT2D eigenvalue weighted by Gasteiger charge is -2.35. The van der Waals surface area contributed by atoms with Gasteiger partial charge in [0.25, 0.3) is 0 Å². The number of hydrogen-bond donors (Lipinski definition) is 2. The molecule has 1 aliphatic heterocycles. The molecule has 15 heavy (non-hydrogen) atoms. The summed E-state index contributed by atoms with van der Waals surface area (Å²) < 4.78 is 25.1. The zero-order valence-electron chi connectivity index (χ0n) is 9.59. The topological polar surface area (TPSA) is 62.8 Å². The van der Waals surface area contributed by atoms with Crippen molar-refractivity contribution in [3.63, 3.8) is 0 Å². The molecule has 1 aliphatic rings. The second-order valence-corrected chi connectivity index (χ2v) is 6.48. The Balaban J connectivity index is 0.00000196. The van der Waals surface area contributed by atoms with Crippen LogP contribution in [-0.2, 0) is 10.0 Å². The molecule has 0 spiro atoms. The van der Waals surface area contributed by atoms with Gasteiger partial charge in [-0.15, -0.1) is 0 Å². The molecule has 0 aromatic carbocycles. The summed E-state index contributed by atoms with van der Waals surface area (Å²) in [6.07, 6.45) is 3.41. The maximum absolute atomic E-state index is 11.2. The standard InChI is InChI=1S/C9H20N2O2S.ClH/c1-9(2,11-14(3,12)13)8-4-6-10-7-5-8;/h8,10-11H,4-7H2,1-3H3;1H. The molecule has 92 valence electrons. The lowest BCUT2D eigenvalue weighted by atomic mass is 9.82. The number of piperidine rings is 1. The first-order chi connectivity index (χ1) is 6.31. The monoisotopic (exact) mass is 256 g/mol. The summed E-state index contributed by atoms with van der Waals surface area (Å²) in [6, 6.07) is 0. The van der Waals surface area contributed by atoms with E-state index in [2.05, 4.69) is 10.0 Å². The SMILES string of the molecule is CC(C)(NS(C)(=O)=O)C1CC[NH2+]CC1.[Cl-]. The van der Waals surface area contributed by atoms with Crippen molar-refractivity contribution in [3.8, 4) is 0 Å². The third-order valence-electron chi connectivity index (χ3n) is 2.91. The average molecular weight is 257 g/mol. The Labute approximate surface area is 98.7 Å². The number of nitrogens with one attached hydrogen (secondary N) is 1. The van der Waals surface area contributed by atoms with Gasteiger partial charge < -0.3 is 17.7 Å². The molecule has 3 N–H and O–H groups in total. The van der Waals surface area contributed by atoms with Crippen LogP contribution in [0.25, 0.3) is 0 Å². The van der Waals surface area contributed by atoms with E-state index >= 15 is 0 Å². The Morgan fingerprint density at radius 3 is 2.13 bits per heavy atom. The first kappa shape index (κ1) is 15.2. The third kappa shape index (κ3) is 5.15. The molecular formula is C9H21ClN2O2S. The Morgan fingerprint density at radius 1 is 1.27 bits per heavy atom. The van der Waals surface area contributed by atoms with Crippen LogP contribution in [0.4, 0.5) is 0 Å². The van der Waals surface area contributed by atoms with Crippen LogP contribution < -0.4 is 22.4 Å². The summed E-state index contributed by atoms with van der Waals surface area (Å²) in [5.41, 5.74) is -0.304. The molecule has 0 aromatic rings. The zero-order valence-corrected chi connectivity index (χ0v) is 11.2. The van der Waals surface area contributed by atoms with Gasteiger partial charge in [-0.05, 0) is 19.8 Å². The van der Waals surface area contributed by atoms with E-state index in [1.54, 1.807) is 0 Å². The maximum atomic E-state index is 11.2. The third-order valence-corrected chi connectivity index (χ3v) is 3.80. The van der Waals surface area contributed by atoms with Crippen LogP contribution in [0.3, 0.4) is 0 Å². The van der Waals surface area contributed by atoms with Crippen molar-refractivity contribution in [3.05, 3.63) is 0 Å². The van der Waals surface area contributed by atoms with Crippen molar-refractivity contribution in [1.82, 2.24) is 4.72 Å². The number of nitrogens with two attached hydrogens (primary N) is 1. The van der Waals surface area contributed by atoms with Crippen LogP contribution in [0.1, 0.15) is 26.7 Å². The fraction of sp³-hybridized carbons (Fsp3) is 1.00. The fourth-order valence-electron chi connectivity index (χ4n) is 2.21. The molecule has 1 rings (SSSR count). The van der Waals surface area contributed by atoms with Crippen molar-refractivity contribution in [2.75, 3.05) is 19.3 Å². The van der Waals surface area contributed by atoms with E-state index in [4.69, 9.17) is 0 Å². The Hall–Kier alpha value is 0.160. The van der Waals surface area contributed by atoms with Crippen molar-refractivity contribution in [2.24, 2.45) is 5.92 Å². The zero-order chi connectivity index (χ0) is 10.8. The van der Waals surface area contributed by atoms with Crippen LogP contribution in [0.5, 0.6) is 0 Å². The molecule has 1 saturated heterocycles. The van der Waals surface area contributed by atoms with Gasteiger partial charge in [0, 0.05) is 18.4 Å². The van der Waals surface area contributed by atoms with E-state index in [9.17, 15) is 8.42 Å². The normalized spacial score (nSPS) is 19.7. The largest absolute Gasteiger partial charge is 1.00 e. The highest BCUT2D eigenvalue weighted by molar-refractivity contribution is 7.88. The molecule has 6 heteroatoms. The van der Waals surface area contributed by atoms with Crippen LogP contribution in [0.15, 0.2) is 0 Å². The second-order valence-electron chi connectivity index (χ2n) is 4.74. The molecule has 0 bridgehead atoms. The highest BCUT2D eigenvalue weighted by atomic mass is 35.5. The van der Waals surface area contributed by atoms with Gasteiger partial charge in [-0.1, -0.05) is 0 Å². The molecule has 4 nitrogen and oxygen atoms in total. The molecule has 0 amide bonds. The van der Waals surface area contributed by atoms with Crippen LogP contribution in [-0.4, -0.2) is 33.3 Å². The summed E-state index contributed by atoms with van der Waals surface area (Å²) in [5.74, 6) is 0.460. The van der Waals surface area contributed by atoms with Crippen molar-refractivity contribution >= 4 is 10.0 Å². The van der Waals surface area contributed by atoms with Gasteiger partial charge >= 0.3 is 0 Å². The Kier molecular flexibility index (Phi) is 5.54. The second kappa shape index (κ2) is 5.48. The van der Waals surface area contributed by atoms with E-state index < -0.39 is 10.0 Å². The lowest BCUT2D eigenvalue weighted by Crippen LogP contribution is -3.00. The minimum atomic E-state index is -3.09. The predicted octanol–water partition coefficient (Wildman–Crippen LogP) is -3.71. The molecule has 1 heterocycles. The summed E-state index contributed by atoms with van der Waals surface area (Å²) in [5, 5.41) is 2.28. The summed E-state index contributed by atoms with van der Waals surface area (Å²) in [7, 11) is -3.09.